The SMILES string of the molecule is O=C(O)Cc1cc(CS)ccc1Br. The Morgan fingerprint density at radius 2 is 2.23 bits per heavy atom. The summed E-state index contributed by atoms with van der Waals surface area (Å²) in [7, 11) is 0. The van der Waals surface area contributed by atoms with Crippen molar-refractivity contribution in [3.63, 3.8) is 0 Å². The molecule has 0 amide bonds. The topological polar surface area (TPSA) is 37.3 Å². The molecule has 0 saturated heterocycles. The second kappa shape index (κ2) is 4.67. The standard InChI is InChI=1S/C9H9BrO2S/c10-8-2-1-6(5-13)3-7(8)4-9(11)12/h1-3,13H,4-5H2,(H,11,12). The number of benzene rings is 1. The summed E-state index contributed by atoms with van der Waals surface area (Å²) >= 11 is 7.42. The van der Waals surface area contributed by atoms with E-state index in [9.17, 15) is 4.79 Å². The molecule has 0 aliphatic rings. The lowest BCUT2D eigenvalue weighted by molar-refractivity contribution is -0.136. The first-order valence-electron chi connectivity index (χ1n) is 3.73. The smallest absolute Gasteiger partial charge is 0.307 e. The van der Waals surface area contributed by atoms with Crippen molar-refractivity contribution in [2.75, 3.05) is 0 Å². The van der Waals surface area contributed by atoms with Gasteiger partial charge in [-0.2, -0.15) is 12.6 Å². The maximum atomic E-state index is 10.5. The Hall–Kier alpha value is -0.480. The van der Waals surface area contributed by atoms with E-state index < -0.39 is 5.97 Å². The van der Waals surface area contributed by atoms with Gasteiger partial charge in [-0.25, -0.2) is 0 Å². The van der Waals surface area contributed by atoms with E-state index in [4.69, 9.17) is 5.11 Å². The molecule has 0 atom stereocenters. The molecule has 0 radical (unpaired) electrons. The van der Waals surface area contributed by atoms with Gasteiger partial charge >= 0.3 is 5.97 Å². The Morgan fingerprint density at radius 3 is 2.77 bits per heavy atom. The van der Waals surface area contributed by atoms with Crippen LogP contribution in [0, 0.1) is 0 Å². The predicted molar refractivity (Wildman–Crippen MR) is 58.2 cm³/mol. The Bertz CT molecular complexity index is 325. The molecule has 1 rings (SSSR count). The van der Waals surface area contributed by atoms with Crippen LogP contribution in [0.1, 0.15) is 11.1 Å². The second-order valence-corrected chi connectivity index (χ2v) is 3.82. The van der Waals surface area contributed by atoms with Crippen LogP contribution in [-0.2, 0) is 17.0 Å². The number of thiol groups is 1. The van der Waals surface area contributed by atoms with Crippen LogP contribution in [0.15, 0.2) is 22.7 Å². The summed E-state index contributed by atoms with van der Waals surface area (Å²) < 4.78 is 0.834. The molecule has 4 heteroatoms. The van der Waals surface area contributed by atoms with Crippen LogP contribution in [0.2, 0.25) is 0 Å². The van der Waals surface area contributed by atoms with Crippen LogP contribution in [0.3, 0.4) is 0 Å². The number of carboxylic acid groups (broad SMARTS) is 1. The summed E-state index contributed by atoms with van der Waals surface area (Å²) in [5.41, 5.74) is 1.82. The zero-order valence-electron chi connectivity index (χ0n) is 6.83. The van der Waals surface area contributed by atoms with E-state index >= 15 is 0 Å². The molecule has 0 aliphatic heterocycles. The zero-order chi connectivity index (χ0) is 9.84. The Balaban J connectivity index is 2.96. The minimum Gasteiger partial charge on any atom is -0.481 e. The third-order valence-electron chi connectivity index (χ3n) is 1.63. The molecule has 1 aromatic rings. The molecule has 2 nitrogen and oxygen atoms in total. The van der Waals surface area contributed by atoms with Crippen molar-refractivity contribution >= 4 is 34.5 Å². The molecular formula is C9H9BrO2S. The maximum absolute atomic E-state index is 10.5. The average Bonchev–Trinajstić information content (AvgIpc) is 2.08. The fourth-order valence-electron chi connectivity index (χ4n) is 1.02. The highest BCUT2D eigenvalue weighted by atomic mass is 79.9. The number of hydrogen-bond acceptors (Lipinski definition) is 2. The molecule has 0 fully saturated rings. The van der Waals surface area contributed by atoms with E-state index in [1.807, 2.05) is 18.2 Å². The van der Waals surface area contributed by atoms with Gasteiger partial charge in [-0.15, -0.1) is 0 Å². The average molecular weight is 261 g/mol. The van der Waals surface area contributed by atoms with Gasteiger partial charge in [0.2, 0.25) is 0 Å². The summed E-state index contributed by atoms with van der Waals surface area (Å²) in [4.78, 5) is 10.5. The molecule has 1 aromatic carbocycles. The van der Waals surface area contributed by atoms with Crippen LogP contribution in [0.25, 0.3) is 0 Å². The van der Waals surface area contributed by atoms with Crippen LogP contribution in [0.4, 0.5) is 0 Å². The Kier molecular flexibility index (Phi) is 3.81. The van der Waals surface area contributed by atoms with Crippen molar-refractivity contribution in [1.82, 2.24) is 0 Å². The molecule has 0 bridgehead atoms. The molecule has 0 saturated carbocycles. The molecular weight excluding hydrogens is 252 g/mol. The fourth-order valence-corrected chi connectivity index (χ4v) is 1.61. The summed E-state index contributed by atoms with van der Waals surface area (Å²) in [6.07, 6.45) is 0.0439. The number of hydrogen-bond donors (Lipinski definition) is 2. The highest BCUT2D eigenvalue weighted by Gasteiger charge is 2.05. The lowest BCUT2D eigenvalue weighted by Crippen LogP contribution is -2.01. The lowest BCUT2D eigenvalue weighted by atomic mass is 10.1. The van der Waals surface area contributed by atoms with Crippen molar-refractivity contribution in [1.29, 1.82) is 0 Å². The van der Waals surface area contributed by atoms with Gasteiger partial charge in [-0.1, -0.05) is 28.1 Å². The molecule has 70 valence electrons. The first-order chi connectivity index (χ1) is 6.13. The summed E-state index contributed by atoms with van der Waals surface area (Å²) in [5.74, 6) is -0.197. The Labute approximate surface area is 90.5 Å². The summed E-state index contributed by atoms with van der Waals surface area (Å²) in [5, 5.41) is 8.62. The zero-order valence-corrected chi connectivity index (χ0v) is 9.31. The van der Waals surface area contributed by atoms with Gasteiger partial charge in [0.25, 0.3) is 0 Å². The highest BCUT2D eigenvalue weighted by molar-refractivity contribution is 9.10. The van der Waals surface area contributed by atoms with E-state index in [0.29, 0.717) is 5.75 Å². The molecule has 13 heavy (non-hydrogen) atoms. The minimum atomic E-state index is -0.822. The molecule has 0 aliphatic carbocycles. The van der Waals surface area contributed by atoms with Gasteiger partial charge in [0, 0.05) is 10.2 Å². The number of halogens is 1. The highest BCUT2D eigenvalue weighted by Crippen LogP contribution is 2.19. The predicted octanol–water partition coefficient (Wildman–Crippen LogP) is 2.51. The van der Waals surface area contributed by atoms with E-state index in [2.05, 4.69) is 28.6 Å². The van der Waals surface area contributed by atoms with E-state index in [0.717, 1.165) is 15.6 Å². The quantitative estimate of drug-likeness (QED) is 0.820. The van der Waals surface area contributed by atoms with Gasteiger partial charge in [0.1, 0.15) is 0 Å². The van der Waals surface area contributed by atoms with Crippen molar-refractivity contribution in [2.45, 2.75) is 12.2 Å². The third kappa shape index (κ3) is 3.04. The van der Waals surface area contributed by atoms with Gasteiger partial charge in [-0.05, 0) is 17.2 Å². The van der Waals surface area contributed by atoms with E-state index in [1.54, 1.807) is 0 Å². The van der Waals surface area contributed by atoms with Gasteiger partial charge in [0.05, 0.1) is 6.42 Å². The Morgan fingerprint density at radius 1 is 1.54 bits per heavy atom. The lowest BCUT2D eigenvalue weighted by Gasteiger charge is -2.03. The van der Waals surface area contributed by atoms with Crippen LogP contribution in [-0.4, -0.2) is 11.1 Å². The molecule has 0 heterocycles. The van der Waals surface area contributed by atoms with Crippen LogP contribution in [0.5, 0.6) is 0 Å². The van der Waals surface area contributed by atoms with Crippen molar-refractivity contribution in [3.05, 3.63) is 33.8 Å². The molecule has 0 spiro atoms. The largest absolute Gasteiger partial charge is 0.481 e. The number of rotatable bonds is 3. The molecule has 0 aromatic heterocycles. The first kappa shape index (κ1) is 10.6. The van der Waals surface area contributed by atoms with Gasteiger partial charge in [-0.3, -0.25) is 4.79 Å². The normalized spacial score (nSPS) is 10.0. The van der Waals surface area contributed by atoms with Gasteiger partial charge < -0.3 is 5.11 Å². The van der Waals surface area contributed by atoms with Crippen molar-refractivity contribution in [2.24, 2.45) is 0 Å². The number of carbonyl (C=O) groups is 1. The second-order valence-electron chi connectivity index (χ2n) is 2.65. The van der Waals surface area contributed by atoms with Crippen LogP contribution < -0.4 is 0 Å². The number of carboxylic acids is 1. The molecule has 1 N–H and O–H groups in total. The van der Waals surface area contributed by atoms with Crippen molar-refractivity contribution < 1.29 is 9.90 Å². The van der Waals surface area contributed by atoms with E-state index in [-0.39, 0.29) is 6.42 Å². The van der Waals surface area contributed by atoms with Gasteiger partial charge in [0.15, 0.2) is 0 Å². The van der Waals surface area contributed by atoms with Crippen LogP contribution >= 0.6 is 28.6 Å². The number of aliphatic carboxylic acids is 1. The first-order valence-corrected chi connectivity index (χ1v) is 5.16. The van der Waals surface area contributed by atoms with E-state index in [1.165, 1.54) is 0 Å². The fraction of sp³-hybridized carbons (Fsp3) is 0.222. The minimum absolute atomic E-state index is 0.0439. The molecule has 0 unspecified atom stereocenters. The van der Waals surface area contributed by atoms with Crippen molar-refractivity contribution in [3.8, 4) is 0 Å². The maximum Gasteiger partial charge on any atom is 0.307 e. The summed E-state index contributed by atoms with van der Waals surface area (Å²) in [6.45, 7) is 0. The monoisotopic (exact) mass is 260 g/mol. The third-order valence-corrected chi connectivity index (χ3v) is 2.77. The summed E-state index contributed by atoms with van der Waals surface area (Å²) in [6, 6.07) is 5.62.